The SMILES string of the molecule is CC(CN)(NC(=O)c1c(F)ccc([N+](=O)[O-])c1F)C1CC1. The van der Waals surface area contributed by atoms with E-state index in [9.17, 15) is 23.7 Å². The Balaban J connectivity index is 2.35. The molecule has 0 bridgehead atoms. The summed E-state index contributed by atoms with van der Waals surface area (Å²) >= 11 is 0. The van der Waals surface area contributed by atoms with E-state index in [2.05, 4.69) is 5.32 Å². The molecule has 2 rings (SSSR count). The number of hydrogen-bond acceptors (Lipinski definition) is 4. The van der Waals surface area contributed by atoms with Gasteiger partial charge in [0.05, 0.1) is 10.5 Å². The predicted molar refractivity (Wildman–Crippen MR) is 70.7 cm³/mol. The van der Waals surface area contributed by atoms with Gasteiger partial charge in [0, 0.05) is 12.6 Å². The largest absolute Gasteiger partial charge is 0.345 e. The first-order valence-corrected chi connectivity index (χ1v) is 6.45. The Kier molecular flexibility index (Phi) is 3.91. The summed E-state index contributed by atoms with van der Waals surface area (Å²) in [6.07, 6.45) is 1.74. The van der Waals surface area contributed by atoms with Crippen molar-refractivity contribution < 1.29 is 18.5 Å². The van der Waals surface area contributed by atoms with Gasteiger partial charge < -0.3 is 11.1 Å². The third kappa shape index (κ3) is 2.85. The van der Waals surface area contributed by atoms with Crippen molar-refractivity contribution in [2.45, 2.75) is 25.3 Å². The van der Waals surface area contributed by atoms with Gasteiger partial charge in [-0.2, -0.15) is 4.39 Å². The smallest absolute Gasteiger partial charge is 0.305 e. The number of amides is 1. The lowest BCUT2D eigenvalue weighted by atomic mass is 9.95. The van der Waals surface area contributed by atoms with Crippen LogP contribution in [0.2, 0.25) is 0 Å². The minimum Gasteiger partial charge on any atom is -0.345 e. The van der Waals surface area contributed by atoms with Crippen molar-refractivity contribution in [1.29, 1.82) is 0 Å². The number of carbonyl (C=O) groups excluding carboxylic acids is 1. The summed E-state index contributed by atoms with van der Waals surface area (Å²) in [6, 6.07) is 1.39. The molecule has 8 heteroatoms. The van der Waals surface area contributed by atoms with E-state index in [-0.39, 0.29) is 12.5 Å². The van der Waals surface area contributed by atoms with Crippen LogP contribution < -0.4 is 11.1 Å². The van der Waals surface area contributed by atoms with Crippen LogP contribution in [0.4, 0.5) is 14.5 Å². The first kappa shape index (κ1) is 15.3. The molecule has 21 heavy (non-hydrogen) atoms. The fourth-order valence-corrected chi connectivity index (χ4v) is 2.25. The molecule has 0 aliphatic heterocycles. The lowest BCUT2D eigenvalue weighted by Gasteiger charge is -2.29. The first-order valence-electron chi connectivity index (χ1n) is 6.45. The van der Waals surface area contributed by atoms with Gasteiger partial charge in [-0.25, -0.2) is 4.39 Å². The van der Waals surface area contributed by atoms with E-state index in [1.165, 1.54) is 0 Å². The molecule has 0 heterocycles. The molecular weight excluding hydrogens is 284 g/mol. The van der Waals surface area contributed by atoms with Gasteiger partial charge in [-0.3, -0.25) is 14.9 Å². The van der Waals surface area contributed by atoms with Gasteiger partial charge in [0.15, 0.2) is 0 Å². The summed E-state index contributed by atoms with van der Waals surface area (Å²) in [6.45, 7) is 1.80. The first-order chi connectivity index (χ1) is 9.80. The molecule has 0 spiro atoms. The zero-order valence-electron chi connectivity index (χ0n) is 11.4. The van der Waals surface area contributed by atoms with Crippen LogP contribution in [0.15, 0.2) is 12.1 Å². The van der Waals surface area contributed by atoms with Crippen LogP contribution in [0.3, 0.4) is 0 Å². The Morgan fingerprint density at radius 1 is 1.52 bits per heavy atom. The van der Waals surface area contributed by atoms with Crippen LogP contribution >= 0.6 is 0 Å². The molecule has 0 radical (unpaired) electrons. The molecule has 1 aromatic rings. The van der Waals surface area contributed by atoms with E-state index in [1.54, 1.807) is 6.92 Å². The number of nitro groups is 1. The molecule has 1 amide bonds. The molecule has 1 aliphatic carbocycles. The van der Waals surface area contributed by atoms with E-state index in [1.807, 2.05) is 0 Å². The average molecular weight is 299 g/mol. The van der Waals surface area contributed by atoms with Crippen LogP contribution in [0, 0.1) is 27.7 Å². The third-order valence-electron chi connectivity index (χ3n) is 3.80. The molecule has 0 aromatic heterocycles. The summed E-state index contributed by atoms with van der Waals surface area (Å²) in [5, 5.41) is 13.2. The van der Waals surface area contributed by atoms with Gasteiger partial charge in [0.25, 0.3) is 5.91 Å². The summed E-state index contributed by atoms with van der Waals surface area (Å²) in [5.74, 6) is -3.51. The highest BCUT2D eigenvalue weighted by Crippen LogP contribution is 2.39. The molecule has 114 valence electrons. The van der Waals surface area contributed by atoms with Crippen molar-refractivity contribution in [3.63, 3.8) is 0 Å². The highest BCUT2D eigenvalue weighted by atomic mass is 19.1. The minimum atomic E-state index is -1.48. The number of nitrogens with one attached hydrogen (secondary N) is 1. The summed E-state index contributed by atoms with van der Waals surface area (Å²) in [7, 11) is 0. The monoisotopic (exact) mass is 299 g/mol. The Morgan fingerprint density at radius 2 is 2.14 bits per heavy atom. The van der Waals surface area contributed by atoms with Crippen LogP contribution in [0.25, 0.3) is 0 Å². The topological polar surface area (TPSA) is 98.3 Å². The second-order valence-electron chi connectivity index (χ2n) is 5.36. The molecule has 3 N–H and O–H groups in total. The molecule has 1 fully saturated rings. The number of nitrogens with zero attached hydrogens (tertiary/aromatic N) is 1. The number of rotatable bonds is 5. The Morgan fingerprint density at radius 3 is 2.62 bits per heavy atom. The van der Waals surface area contributed by atoms with Crippen molar-refractivity contribution in [2.24, 2.45) is 11.7 Å². The van der Waals surface area contributed by atoms with Crippen molar-refractivity contribution in [3.05, 3.63) is 39.4 Å². The second-order valence-corrected chi connectivity index (χ2v) is 5.36. The van der Waals surface area contributed by atoms with E-state index in [4.69, 9.17) is 5.73 Å². The van der Waals surface area contributed by atoms with E-state index in [0.717, 1.165) is 12.8 Å². The molecule has 1 saturated carbocycles. The zero-order chi connectivity index (χ0) is 15.8. The standard InChI is InChI=1S/C13H15F2N3O3/c1-13(6-16,7-2-3-7)17-12(19)10-8(14)4-5-9(11(10)15)18(20)21/h4-5,7H,2-3,6,16H2,1H3,(H,17,19). The molecule has 1 aliphatic rings. The average Bonchev–Trinajstić information content (AvgIpc) is 3.22. The number of carbonyl (C=O) groups is 1. The molecule has 0 saturated heterocycles. The number of nitrogens with two attached hydrogens (primary N) is 1. The zero-order valence-corrected chi connectivity index (χ0v) is 11.4. The van der Waals surface area contributed by atoms with E-state index in [0.29, 0.717) is 12.1 Å². The van der Waals surface area contributed by atoms with Gasteiger partial charge in [0.1, 0.15) is 11.4 Å². The van der Waals surface area contributed by atoms with E-state index >= 15 is 0 Å². The Labute approximate surface area is 119 Å². The highest BCUT2D eigenvalue weighted by Gasteiger charge is 2.42. The van der Waals surface area contributed by atoms with E-state index < -0.39 is 39.3 Å². The lowest BCUT2D eigenvalue weighted by molar-refractivity contribution is -0.387. The van der Waals surface area contributed by atoms with Gasteiger partial charge >= 0.3 is 5.69 Å². The van der Waals surface area contributed by atoms with Crippen molar-refractivity contribution in [1.82, 2.24) is 5.32 Å². The predicted octanol–water partition coefficient (Wildman–Crippen LogP) is 1.73. The molecule has 1 atom stereocenters. The fraction of sp³-hybridized carbons (Fsp3) is 0.462. The van der Waals surface area contributed by atoms with Gasteiger partial charge in [-0.05, 0) is 31.7 Å². The quantitative estimate of drug-likeness (QED) is 0.639. The molecule has 1 aromatic carbocycles. The number of hydrogen-bond donors (Lipinski definition) is 2. The van der Waals surface area contributed by atoms with Crippen LogP contribution in [0.1, 0.15) is 30.1 Å². The summed E-state index contributed by atoms with van der Waals surface area (Å²) < 4.78 is 27.6. The molecule has 6 nitrogen and oxygen atoms in total. The number of halogens is 2. The second kappa shape index (κ2) is 5.36. The Hall–Kier alpha value is -2.09. The maximum Gasteiger partial charge on any atom is 0.305 e. The maximum atomic E-state index is 14.0. The van der Waals surface area contributed by atoms with Gasteiger partial charge in [0.2, 0.25) is 5.82 Å². The summed E-state index contributed by atoms with van der Waals surface area (Å²) in [4.78, 5) is 21.8. The van der Waals surface area contributed by atoms with Crippen LogP contribution in [-0.4, -0.2) is 22.9 Å². The number of nitro benzene ring substituents is 1. The van der Waals surface area contributed by atoms with Crippen LogP contribution in [0.5, 0.6) is 0 Å². The molecule has 1 unspecified atom stereocenters. The van der Waals surface area contributed by atoms with Crippen LogP contribution in [-0.2, 0) is 0 Å². The van der Waals surface area contributed by atoms with Crippen molar-refractivity contribution >= 4 is 11.6 Å². The van der Waals surface area contributed by atoms with Gasteiger partial charge in [-0.1, -0.05) is 0 Å². The van der Waals surface area contributed by atoms with Crippen molar-refractivity contribution in [2.75, 3.05) is 6.54 Å². The molecular formula is C13H15F2N3O3. The maximum absolute atomic E-state index is 14.0. The third-order valence-corrected chi connectivity index (χ3v) is 3.80. The van der Waals surface area contributed by atoms with Crippen molar-refractivity contribution in [3.8, 4) is 0 Å². The Bertz CT molecular complexity index is 605. The normalized spacial score (nSPS) is 17.1. The lowest BCUT2D eigenvalue weighted by Crippen LogP contribution is -2.53. The minimum absolute atomic E-state index is 0.113. The fourth-order valence-electron chi connectivity index (χ4n) is 2.25. The highest BCUT2D eigenvalue weighted by molar-refractivity contribution is 5.96. The summed E-state index contributed by atoms with van der Waals surface area (Å²) in [5.41, 5.74) is 2.94. The van der Waals surface area contributed by atoms with Gasteiger partial charge in [-0.15, -0.1) is 0 Å². The number of benzene rings is 1.